The van der Waals surface area contributed by atoms with Crippen LogP contribution in [0.5, 0.6) is 5.75 Å². The molecule has 33 heavy (non-hydrogen) atoms. The van der Waals surface area contributed by atoms with E-state index in [0.29, 0.717) is 24.5 Å². The van der Waals surface area contributed by atoms with Gasteiger partial charge in [-0.1, -0.05) is 50.1 Å². The van der Waals surface area contributed by atoms with Gasteiger partial charge in [-0.05, 0) is 24.3 Å². The van der Waals surface area contributed by atoms with E-state index in [9.17, 15) is 13.2 Å². The van der Waals surface area contributed by atoms with Crippen LogP contribution in [0.2, 0.25) is 0 Å². The lowest BCUT2D eigenvalue weighted by Crippen LogP contribution is -2.41. The number of sulfonamides is 1. The molecular weight excluding hydrogens is 460 g/mol. The summed E-state index contributed by atoms with van der Waals surface area (Å²) in [5, 5.41) is 8.86. The zero-order valence-corrected chi connectivity index (χ0v) is 20.7. The van der Waals surface area contributed by atoms with Crippen molar-refractivity contribution in [3.63, 3.8) is 0 Å². The van der Waals surface area contributed by atoms with E-state index in [1.54, 1.807) is 7.05 Å². The van der Waals surface area contributed by atoms with Crippen LogP contribution in [0.4, 0.5) is 5.69 Å². The maximum atomic E-state index is 13.7. The number of thioether (sulfide) groups is 1. The first-order valence-electron chi connectivity index (χ1n) is 10.8. The molecule has 2 aromatic rings. The summed E-state index contributed by atoms with van der Waals surface area (Å²) in [6, 6.07) is 13.2. The quantitative estimate of drug-likeness (QED) is 0.313. The number of benzene rings is 2. The predicted octanol–water partition coefficient (Wildman–Crippen LogP) is 4.59. The number of likely N-dealkylation sites (N-methyl/N-ethyl adjacent to an activating group) is 1. The fourth-order valence-electron chi connectivity index (χ4n) is 3.89. The Morgan fingerprint density at radius 1 is 1.27 bits per heavy atom. The largest absolute Gasteiger partial charge is 0.478 e. The highest BCUT2D eigenvalue weighted by molar-refractivity contribution is 7.98. The first-order chi connectivity index (χ1) is 15.8. The van der Waals surface area contributed by atoms with Gasteiger partial charge in [-0.3, -0.25) is 0 Å². The highest BCUT2D eigenvalue weighted by atomic mass is 32.2. The van der Waals surface area contributed by atoms with Gasteiger partial charge >= 0.3 is 5.97 Å². The van der Waals surface area contributed by atoms with Crippen LogP contribution in [0, 0.1) is 0 Å². The van der Waals surface area contributed by atoms with E-state index in [1.807, 2.05) is 42.7 Å². The Balaban J connectivity index is 2.13. The Morgan fingerprint density at radius 3 is 2.64 bits per heavy atom. The second-order valence-electron chi connectivity index (χ2n) is 7.91. The number of fused-ring (bicyclic) bond motifs is 1. The van der Waals surface area contributed by atoms with Crippen molar-refractivity contribution < 1.29 is 23.1 Å². The van der Waals surface area contributed by atoms with Crippen LogP contribution in [0.25, 0.3) is 0 Å². The van der Waals surface area contributed by atoms with Crippen LogP contribution < -0.4 is 9.64 Å². The zero-order valence-electron chi connectivity index (χ0n) is 19.1. The Kier molecular flexibility index (Phi) is 8.45. The summed E-state index contributed by atoms with van der Waals surface area (Å²) >= 11 is 1.42. The monoisotopic (exact) mass is 490 g/mol. The fraction of sp³-hybridized carbons (Fsp3) is 0.375. The summed E-state index contributed by atoms with van der Waals surface area (Å²) in [7, 11) is -2.15. The molecule has 3 rings (SSSR count). The van der Waals surface area contributed by atoms with Crippen molar-refractivity contribution in [3.05, 3.63) is 60.4 Å². The third kappa shape index (κ3) is 5.90. The van der Waals surface area contributed by atoms with Gasteiger partial charge in [0, 0.05) is 32.2 Å². The average molecular weight is 491 g/mol. The number of carboxylic acid groups (broad SMARTS) is 1. The molecule has 1 aliphatic rings. The van der Waals surface area contributed by atoms with Gasteiger partial charge in [0.1, 0.15) is 10.6 Å². The Hall–Kier alpha value is -2.49. The molecule has 0 spiro atoms. The summed E-state index contributed by atoms with van der Waals surface area (Å²) in [5.74, 6) is -0.835. The molecule has 0 radical (unpaired) electrons. The number of rotatable bonds is 9. The van der Waals surface area contributed by atoms with Gasteiger partial charge in [-0.25, -0.2) is 13.2 Å². The van der Waals surface area contributed by atoms with Crippen LogP contribution >= 0.6 is 11.8 Å². The van der Waals surface area contributed by atoms with E-state index in [4.69, 9.17) is 9.84 Å². The van der Waals surface area contributed by atoms with E-state index in [1.165, 1.54) is 22.1 Å². The van der Waals surface area contributed by atoms with E-state index in [0.717, 1.165) is 42.1 Å². The molecule has 0 saturated carbocycles. The van der Waals surface area contributed by atoms with Gasteiger partial charge in [0.05, 0.1) is 22.9 Å². The molecule has 0 fully saturated rings. The highest BCUT2D eigenvalue weighted by Crippen LogP contribution is 2.41. The number of hydrogen-bond donors (Lipinski definition) is 1. The molecular formula is C24H30N2O5S2. The van der Waals surface area contributed by atoms with Gasteiger partial charge in [0.2, 0.25) is 10.0 Å². The molecule has 0 aromatic heterocycles. The second kappa shape index (κ2) is 11.1. The van der Waals surface area contributed by atoms with Crippen molar-refractivity contribution in [2.24, 2.45) is 0 Å². The molecule has 1 aliphatic heterocycles. The van der Waals surface area contributed by atoms with Gasteiger partial charge in [-0.15, -0.1) is 11.8 Å². The van der Waals surface area contributed by atoms with E-state index in [2.05, 4.69) is 11.8 Å². The normalized spacial score (nSPS) is 18.2. The van der Waals surface area contributed by atoms with Crippen molar-refractivity contribution in [1.82, 2.24) is 4.31 Å². The van der Waals surface area contributed by atoms with Crippen LogP contribution in [0.1, 0.15) is 31.7 Å². The number of unbranched alkanes of at least 4 members (excludes halogenated alkanes) is 1. The molecule has 2 aromatic carbocycles. The average Bonchev–Trinajstić information content (AvgIpc) is 2.86. The molecule has 0 bridgehead atoms. The third-order valence-electron chi connectivity index (χ3n) is 5.70. The van der Waals surface area contributed by atoms with Crippen LogP contribution in [0.3, 0.4) is 0 Å². The molecule has 178 valence electrons. The van der Waals surface area contributed by atoms with Gasteiger partial charge in [0.25, 0.3) is 0 Å². The summed E-state index contributed by atoms with van der Waals surface area (Å²) in [6.07, 6.45) is 6.50. The predicted molar refractivity (Wildman–Crippen MR) is 131 cm³/mol. The molecule has 1 unspecified atom stereocenters. The van der Waals surface area contributed by atoms with Gasteiger partial charge in [-0.2, -0.15) is 4.31 Å². The lowest BCUT2D eigenvalue weighted by atomic mass is 10.1. The summed E-state index contributed by atoms with van der Waals surface area (Å²) in [5.41, 5.74) is 1.72. The van der Waals surface area contributed by atoms with Crippen molar-refractivity contribution in [3.8, 4) is 5.75 Å². The number of anilines is 1. The highest BCUT2D eigenvalue weighted by Gasteiger charge is 2.37. The number of ether oxygens (including phenoxy) is 1. The maximum absolute atomic E-state index is 13.7. The minimum atomic E-state index is -3.79. The SMILES string of the molecule is CCCCC1CN(Cc2ccccc2)c2cc(SC)c(O/C=C/C(=O)O)cc2S(=O)(=O)N1C. The number of nitrogens with zero attached hydrogens (tertiary/aromatic N) is 2. The molecule has 1 heterocycles. The lowest BCUT2D eigenvalue weighted by Gasteiger charge is -2.29. The molecule has 0 aliphatic carbocycles. The van der Waals surface area contributed by atoms with Crippen molar-refractivity contribution in [2.75, 3.05) is 24.7 Å². The summed E-state index contributed by atoms with van der Waals surface area (Å²) in [4.78, 5) is 13.8. The molecule has 0 saturated heterocycles. The third-order valence-corrected chi connectivity index (χ3v) is 8.40. The number of hydrogen-bond acceptors (Lipinski definition) is 6. The van der Waals surface area contributed by atoms with Crippen LogP contribution in [-0.2, 0) is 21.4 Å². The molecule has 7 nitrogen and oxygen atoms in total. The van der Waals surface area contributed by atoms with Crippen molar-refractivity contribution in [1.29, 1.82) is 0 Å². The Morgan fingerprint density at radius 2 is 2.00 bits per heavy atom. The summed E-state index contributed by atoms with van der Waals surface area (Å²) in [6.45, 7) is 3.25. The molecule has 1 N–H and O–H groups in total. The fourth-order valence-corrected chi connectivity index (χ4v) is 6.01. The maximum Gasteiger partial charge on any atom is 0.331 e. The van der Waals surface area contributed by atoms with E-state index < -0.39 is 16.0 Å². The van der Waals surface area contributed by atoms with Crippen LogP contribution in [-0.4, -0.2) is 49.7 Å². The molecule has 0 amide bonds. The van der Waals surface area contributed by atoms with Gasteiger partial charge in [0.15, 0.2) is 0 Å². The molecule has 9 heteroatoms. The first-order valence-corrected chi connectivity index (χ1v) is 13.5. The zero-order chi connectivity index (χ0) is 24.0. The number of carbonyl (C=O) groups is 1. The minimum absolute atomic E-state index is 0.163. The summed E-state index contributed by atoms with van der Waals surface area (Å²) < 4.78 is 34.3. The van der Waals surface area contributed by atoms with Crippen molar-refractivity contribution in [2.45, 2.75) is 48.6 Å². The number of carboxylic acids is 1. The Bertz CT molecular complexity index is 1100. The lowest BCUT2D eigenvalue weighted by molar-refractivity contribution is -0.131. The smallest absolute Gasteiger partial charge is 0.331 e. The second-order valence-corrected chi connectivity index (χ2v) is 10.7. The Labute approximate surface area is 200 Å². The van der Waals surface area contributed by atoms with E-state index in [-0.39, 0.29) is 10.9 Å². The topological polar surface area (TPSA) is 87.1 Å². The first kappa shape index (κ1) is 25.1. The van der Waals surface area contributed by atoms with E-state index >= 15 is 0 Å². The minimum Gasteiger partial charge on any atom is -0.478 e. The van der Waals surface area contributed by atoms with Gasteiger partial charge < -0.3 is 14.7 Å². The number of aliphatic carboxylic acids is 1. The van der Waals surface area contributed by atoms with Crippen LogP contribution in [0.15, 0.2) is 64.6 Å². The van der Waals surface area contributed by atoms with Crippen molar-refractivity contribution >= 4 is 33.4 Å². The molecule has 1 atom stereocenters. The standard InChI is InChI=1S/C24H30N2O5S2/c1-4-5-11-19-17-26(16-18-9-7-6-8-10-18)20-14-22(32-3)21(31-13-12-24(27)28)15-23(20)33(29,30)25(19)2/h6-10,12-15,19H,4-5,11,16-17H2,1-3H3,(H,27,28)/b13-12+.